The van der Waals surface area contributed by atoms with Gasteiger partial charge >= 0.3 is 0 Å². The minimum absolute atomic E-state index is 0.0298. The van der Waals surface area contributed by atoms with Gasteiger partial charge in [-0.2, -0.15) is 0 Å². The van der Waals surface area contributed by atoms with Crippen molar-refractivity contribution in [2.75, 3.05) is 26.2 Å². The van der Waals surface area contributed by atoms with Crippen molar-refractivity contribution in [3.8, 4) is 0 Å². The summed E-state index contributed by atoms with van der Waals surface area (Å²) in [6.07, 6.45) is 6.26. The van der Waals surface area contributed by atoms with E-state index in [0.29, 0.717) is 6.61 Å². The van der Waals surface area contributed by atoms with Gasteiger partial charge < -0.3 is 15.3 Å². The average Bonchev–Trinajstić information content (AvgIpc) is 2.86. The second-order valence-corrected chi connectivity index (χ2v) is 5.11. The molecule has 15 heavy (non-hydrogen) atoms. The molecule has 1 saturated heterocycles. The molecule has 1 aliphatic heterocycles. The Labute approximate surface area is 92.8 Å². The molecule has 2 atom stereocenters. The van der Waals surface area contributed by atoms with Gasteiger partial charge in [0.15, 0.2) is 0 Å². The molecule has 2 aliphatic rings. The lowest BCUT2D eigenvalue weighted by atomic mass is 9.98. The van der Waals surface area contributed by atoms with Crippen LogP contribution in [-0.2, 0) is 0 Å². The molecule has 0 bridgehead atoms. The van der Waals surface area contributed by atoms with Crippen LogP contribution < -0.4 is 5.32 Å². The van der Waals surface area contributed by atoms with Gasteiger partial charge in [-0.25, -0.2) is 0 Å². The predicted octanol–water partition coefficient (Wildman–Crippen LogP) is 0.975. The third-order valence-electron chi connectivity index (χ3n) is 4.09. The van der Waals surface area contributed by atoms with Gasteiger partial charge in [-0.15, -0.1) is 0 Å². The van der Waals surface area contributed by atoms with Crippen molar-refractivity contribution >= 4 is 0 Å². The molecule has 3 heteroatoms. The molecule has 2 unspecified atom stereocenters. The van der Waals surface area contributed by atoms with Crippen molar-refractivity contribution in [3.05, 3.63) is 0 Å². The Morgan fingerprint density at radius 1 is 1.40 bits per heavy atom. The van der Waals surface area contributed by atoms with Crippen LogP contribution in [0.1, 0.15) is 39.0 Å². The molecule has 1 heterocycles. The Morgan fingerprint density at radius 2 is 2.13 bits per heavy atom. The van der Waals surface area contributed by atoms with Gasteiger partial charge in [0.05, 0.1) is 6.61 Å². The summed E-state index contributed by atoms with van der Waals surface area (Å²) in [5, 5.41) is 13.0. The summed E-state index contributed by atoms with van der Waals surface area (Å²) in [7, 11) is 0. The van der Waals surface area contributed by atoms with Gasteiger partial charge in [-0.1, -0.05) is 6.92 Å². The SMILES string of the molecule is CCNC1(CO)CCC(N2CCCC2)C1. The van der Waals surface area contributed by atoms with E-state index in [1.165, 1.54) is 32.4 Å². The number of aliphatic hydroxyl groups is 1. The van der Waals surface area contributed by atoms with E-state index >= 15 is 0 Å². The van der Waals surface area contributed by atoms with E-state index in [4.69, 9.17) is 0 Å². The molecule has 3 nitrogen and oxygen atoms in total. The fourth-order valence-corrected chi connectivity index (χ4v) is 3.25. The Hall–Kier alpha value is -0.120. The highest BCUT2D eigenvalue weighted by Gasteiger charge is 2.40. The lowest BCUT2D eigenvalue weighted by molar-refractivity contribution is 0.152. The highest BCUT2D eigenvalue weighted by atomic mass is 16.3. The van der Waals surface area contributed by atoms with Crippen LogP contribution in [-0.4, -0.2) is 47.8 Å². The van der Waals surface area contributed by atoms with Crippen molar-refractivity contribution in [1.82, 2.24) is 10.2 Å². The molecule has 0 radical (unpaired) electrons. The molecule has 0 aromatic rings. The Balaban J connectivity index is 1.91. The molecule has 1 saturated carbocycles. The van der Waals surface area contributed by atoms with Gasteiger partial charge in [0.1, 0.15) is 0 Å². The zero-order chi connectivity index (χ0) is 10.7. The molecule has 2 N–H and O–H groups in total. The summed E-state index contributed by atoms with van der Waals surface area (Å²) in [6, 6.07) is 0.721. The number of aliphatic hydroxyl groups excluding tert-OH is 1. The number of rotatable bonds is 4. The number of likely N-dealkylation sites (N-methyl/N-ethyl adjacent to an activating group) is 1. The fourth-order valence-electron chi connectivity index (χ4n) is 3.25. The number of hydrogen-bond acceptors (Lipinski definition) is 3. The highest BCUT2D eigenvalue weighted by molar-refractivity contribution is 4.99. The summed E-state index contributed by atoms with van der Waals surface area (Å²) in [4.78, 5) is 2.62. The van der Waals surface area contributed by atoms with Crippen LogP contribution in [0.2, 0.25) is 0 Å². The monoisotopic (exact) mass is 212 g/mol. The summed E-state index contributed by atoms with van der Waals surface area (Å²) >= 11 is 0. The third-order valence-corrected chi connectivity index (χ3v) is 4.09. The lowest BCUT2D eigenvalue weighted by Crippen LogP contribution is -2.47. The lowest BCUT2D eigenvalue weighted by Gasteiger charge is -2.30. The fraction of sp³-hybridized carbons (Fsp3) is 1.00. The summed E-state index contributed by atoms with van der Waals surface area (Å²) in [5.41, 5.74) is 0.0298. The van der Waals surface area contributed by atoms with Crippen LogP contribution in [0.15, 0.2) is 0 Å². The molecule has 0 aromatic carbocycles. The summed E-state index contributed by atoms with van der Waals surface area (Å²) in [6.45, 7) is 5.94. The maximum atomic E-state index is 9.53. The molecular weight excluding hydrogens is 188 g/mol. The first-order chi connectivity index (χ1) is 7.29. The first-order valence-corrected chi connectivity index (χ1v) is 6.39. The van der Waals surface area contributed by atoms with Gasteiger partial charge in [0, 0.05) is 11.6 Å². The van der Waals surface area contributed by atoms with Crippen molar-refractivity contribution in [2.45, 2.75) is 50.6 Å². The van der Waals surface area contributed by atoms with Crippen molar-refractivity contribution < 1.29 is 5.11 Å². The van der Waals surface area contributed by atoms with E-state index in [-0.39, 0.29) is 5.54 Å². The maximum absolute atomic E-state index is 9.53. The topological polar surface area (TPSA) is 35.5 Å². The molecule has 1 aliphatic carbocycles. The van der Waals surface area contributed by atoms with Crippen LogP contribution >= 0.6 is 0 Å². The predicted molar refractivity (Wildman–Crippen MR) is 61.9 cm³/mol. The van der Waals surface area contributed by atoms with Gasteiger partial charge in [0.2, 0.25) is 0 Å². The van der Waals surface area contributed by atoms with E-state index < -0.39 is 0 Å². The largest absolute Gasteiger partial charge is 0.394 e. The van der Waals surface area contributed by atoms with Crippen molar-refractivity contribution in [1.29, 1.82) is 0 Å². The van der Waals surface area contributed by atoms with Crippen LogP contribution in [0.25, 0.3) is 0 Å². The number of hydrogen-bond donors (Lipinski definition) is 2. The maximum Gasteiger partial charge on any atom is 0.0613 e. The van der Waals surface area contributed by atoms with Crippen LogP contribution in [0.5, 0.6) is 0 Å². The second-order valence-electron chi connectivity index (χ2n) is 5.11. The van der Waals surface area contributed by atoms with E-state index in [1.807, 2.05) is 0 Å². The summed E-state index contributed by atoms with van der Waals surface area (Å²) in [5.74, 6) is 0. The first kappa shape index (κ1) is 11.4. The quantitative estimate of drug-likeness (QED) is 0.729. The second kappa shape index (κ2) is 4.81. The van der Waals surface area contributed by atoms with Crippen LogP contribution in [0.3, 0.4) is 0 Å². The van der Waals surface area contributed by atoms with Crippen LogP contribution in [0, 0.1) is 0 Å². The first-order valence-electron chi connectivity index (χ1n) is 6.39. The molecule has 0 amide bonds. The molecule has 88 valence electrons. The third kappa shape index (κ3) is 2.35. The smallest absolute Gasteiger partial charge is 0.0613 e. The zero-order valence-corrected chi connectivity index (χ0v) is 9.84. The highest BCUT2D eigenvalue weighted by Crippen LogP contribution is 2.34. The molecule has 0 aromatic heterocycles. The van der Waals surface area contributed by atoms with E-state index in [2.05, 4.69) is 17.1 Å². The van der Waals surface area contributed by atoms with Gasteiger partial charge in [0.25, 0.3) is 0 Å². The number of nitrogens with one attached hydrogen (secondary N) is 1. The standard InChI is InChI=1S/C12H24N2O/c1-2-13-12(10-15)6-5-11(9-12)14-7-3-4-8-14/h11,13,15H,2-10H2,1H3. The minimum Gasteiger partial charge on any atom is -0.394 e. The molecule has 2 rings (SSSR count). The van der Waals surface area contributed by atoms with E-state index in [1.54, 1.807) is 0 Å². The van der Waals surface area contributed by atoms with Crippen molar-refractivity contribution in [3.63, 3.8) is 0 Å². The van der Waals surface area contributed by atoms with Crippen LogP contribution in [0.4, 0.5) is 0 Å². The van der Waals surface area contributed by atoms with Crippen molar-refractivity contribution in [2.24, 2.45) is 0 Å². The Morgan fingerprint density at radius 3 is 2.73 bits per heavy atom. The molecule has 2 fully saturated rings. The van der Waals surface area contributed by atoms with Gasteiger partial charge in [-0.05, 0) is 51.7 Å². The van der Waals surface area contributed by atoms with Gasteiger partial charge in [-0.3, -0.25) is 0 Å². The Kier molecular flexibility index (Phi) is 3.65. The van der Waals surface area contributed by atoms with E-state index in [0.717, 1.165) is 25.4 Å². The average molecular weight is 212 g/mol. The molecule has 0 spiro atoms. The summed E-state index contributed by atoms with van der Waals surface area (Å²) < 4.78 is 0. The zero-order valence-electron chi connectivity index (χ0n) is 9.84. The number of nitrogens with zero attached hydrogens (tertiary/aromatic N) is 1. The number of likely N-dealkylation sites (tertiary alicyclic amines) is 1. The Bertz CT molecular complexity index is 204. The molecular formula is C12H24N2O. The minimum atomic E-state index is 0.0298. The van der Waals surface area contributed by atoms with E-state index in [9.17, 15) is 5.11 Å². The normalized spacial score (nSPS) is 37.6.